The Labute approximate surface area is 306 Å². The summed E-state index contributed by atoms with van der Waals surface area (Å²) in [5.41, 5.74) is 24.0. The molecule has 0 aliphatic rings. The molecule has 0 N–H and O–H groups in total. The van der Waals surface area contributed by atoms with E-state index in [0.29, 0.717) is 0 Å². The summed E-state index contributed by atoms with van der Waals surface area (Å²) in [4.78, 5) is 0. The first-order valence-electron chi connectivity index (χ1n) is 17.9. The molecule has 0 aliphatic heterocycles. The van der Waals surface area contributed by atoms with Gasteiger partial charge in [0.1, 0.15) is 40.4 Å². The van der Waals surface area contributed by atoms with Crippen LogP contribution >= 0.6 is 0 Å². The molecule has 0 heterocycles. The van der Waals surface area contributed by atoms with E-state index in [4.69, 9.17) is 0 Å². The molecule has 6 aromatic rings. The highest BCUT2D eigenvalue weighted by molar-refractivity contribution is 6.85. The van der Waals surface area contributed by atoms with Gasteiger partial charge in [0.25, 0.3) is 0 Å². The van der Waals surface area contributed by atoms with Crippen molar-refractivity contribution in [1.82, 2.24) is 0 Å². The Kier molecular flexibility index (Phi) is 8.61. The molecule has 0 saturated heterocycles. The Morgan fingerprint density at radius 2 is 0.400 bits per heavy atom. The summed E-state index contributed by atoms with van der Waals surface area (Å²) in [5, 5.41) is 12.6. The van der Waals surface area contributed by atoms with Crippen molar-refractivity contribution < 1.29 is 0 Å². The van der Waals surface area contributed by atoms with Gasteiger partial charge in [-0.1, -0.05) is 128 Å². The van der Waals surface area contributed by atoms with E-state index >= 15 is 0 Å². The fraction of sp³-hybridized carbons (Fsp3) is 0.333. The van der Waals surface area contributed by atoms with Crippen molar-refractivity contribution in [3.8, 4) is 57.3 Å². The van der Waals surface area contributed by atoms with E-state index < -0.39 is 40.4 Å². The molecule has 0 fully saturated rings. The van der Waals surface area contributed by atoms with E-state index in [9.17, 15) is 0 Å². The van der Waals surface area contributed by atoms with Crippen LogP contribution in [0.25, 0.3) is 53.9 Å². The number of hydrogen-bond acceptors (Lipinski definition) is 0. The number of benzene rings is 5. The SMILES string of the molecule is C[Si](C)(C)C#Cc1cc2c(C#C[Si](C)(C)C)cc3c(C#C[Si](C)(C)C)cc4c(C#C[Si](C)(C)C)cc5c(C#C[Si](C)(C)C)cc1c1c5c4c3c21. The van der Waals surface area contributed by atoms with Crippen molar-refractivity contribution in [2.45, 2.75) is 98.2 Å². The van der Waals surface area contributed by atoms with Gasteiger partial charge in [-0.2, -0.15) is 0 Å². The topological polar surface area (TPSA) is 0 Å². The van der Waals surface area contributed by atoms with Gasteiger partial charge in [0.15, 0.2) is 0 Å². The van der Waals surface area contributed by atoms with Crippen molar-refractivity contribution in [3.63, 3.8) is 0 Å². The molecule has 0 saturated carbocycles. The van der Waals surface area contributed by atoms with Crippen LogP contribution < -0.4 is 0 Å². The van der Waals surface area contributed by atoms with Crippen LogP contribution in [0.15, 0.2) is 30.3 Å². The Morgan fingerprint density at radius 1 is 0.260 bits per heavy atom. The van der Waals surface area contributed by atoms with E-state index in [1.54, 1.807) is 0 Å². The van der Waals surface area contributed by atoms with Gasteiger partial charge in [0.05, 0.1) is 0 Å². The Hall–Kier alpha value is -3.72. The summed E-state index contributed by atoms with van der Waals surface area (Å²) in [6, 6.07) is 11.8. The maximum atomic E-state index is 3.73. The Bertz CT molecular complexity index is 2210. The summed E-state index contributed by atoms with van der Waals surface area (Å²) in [6.07, 6.45) is 0. The third-order valence-corrected chi connectivity index (χ3v) is 12.7. The van der Waals surface area contributed by atoms with E-state index in [0.717, 1.165) is 27.8 Å². The summed E-state index contributed by atoms with van der Waals surface area (Å²) in [6.45, 7) is 34.8. The monoisotopic (exact) mass is 730 g/mol. The first-order valence-corrected chi connectivity index (χ1v) is 35.4. The largest absolute Gasteiger partial charge is 0.129 e. The van der Waals surface area contributed by atoms with E-state index in [1.807, 2.05) is 0 Å². The molecule has 0 aliphatic carbocycles. The molecule has 0 unspecified atom stereocenters. The van der Waals surface area contributed by atoms with Gasteiger partial charge < -0.3 is 0 Å². The predicted octanol–water partition coefficient (Wildman–Crippen LogP) is 11.9. The van der Waals surface area contributed by atoms with Gasteiger partial charge in [-0.3, -0.25) is 0 Å². The average Bonchev–Trinajstić information content (AvgIpc) is 3.32. The normalized spacial score (nSPS) is 12.7. The van der Waals surface area contributed by atoms with Crippen LogP contribution in [0.3, 0.4) is 0 Å². The minimum absolute atomic E-state index is 1.09. The Morgan fingerprint density at radius 3 is 0.520 bits per heavy atom. The lowest BCUT2D eigenvalue weighted by Gasteiger charge is -2.12. The van der Waals surface area contributed by atoms with Gasteiger partial charge in [-0.25, -0.2) is 0 Å². The summed E-state index contributed by atoms with van der Waals surface area (Å²) in [7, 11) is -8.29. The molecule has 0 nitrogen and oxygen atoms in total. The van der Waals surface area contributed by atoms with E-state index in [-0.39, 0.29) is 0 Å². The van der Waals surface area contributed by atoms with Gasteiger partial charge in [-0.15, -0.1) is 27.7 Å². The van der Waals surface area contributed by atoms with Crippen molar-refractivity contribution in [2.24, 2.45) is 0 Å². The molecule has 0 spiro atoms. The quantitative estimate of drug-likeness (QED) is 0.0829. The van der Waals surface area contributed by atoms with Crippen LogP contribution in [0.1, 0.15) is 27.8 Å². The molecule has 0 atom stereocenters. The zero-order valence-electron chi connectivity index (χ0n) is 32.9. The molecule has 6 rings (SSSR count). The first kappa shape index (κ1) is 36.1. The molecule has 50 heavy (non-hydrogen) atoms. The maximum absolute atomic E-state index is 3.73. The molecule has 0 radical (unpaired) electrons. The molecular weight excluding hydrogens is 681 g/mol. The first-order chi connectivity index (χ1) is 22.9. The minimum atomic E-state index is -1.66. The molecule has 0 amide bonds. The lowest BCUT2D eigenvalue weighted by Crippen LogP contribution is -2.16. The van der Waals surface area contributed by atoms with Crippen LogP contribution in [0.2, 0.25) is 98.2 Å². The Balaban J connectivity index is 1.97. The second-order valence-electron chi connectivity index (χ2n) is 19.2. The highest BCUT2D eigenvalue weighted by atomic mass is 28.3. The van der Waals surface area contributed by atoms with Crippen LogP contribution in [0.5, 0.6) is 0 Å². The zero-order chi connectivity index (χ0) is 36.8. The van der Waals surface area contributed by atoms with Crippen LogP contribution in [0, 0.1) is 57.3 Å². The van der Waals surface area contributed by atoms with Crippen molar-refractivity contribution in [1.29, 1.82) is 0 Å². The smallest absolute Gasteiger partial charge is 0.127 e. The van der Waals surface area contributed by atoms with Gasteiger partial charge in [-0.05, 0) is 57.3 Å². The van der Waals surface area contributed by atoms with Gasteiger partial charge >= 0.3 is 0 Å². The van der Waals surface area contributed by atoms with Crippen LogP contribution in [-0.2, 0) is 0 Å². The highest BCUT2D eigenvalue weighted by Crippen LogP contribution is 2.52. The second kappa shape index (κ2) is 11.9. The molecule has 250 valence electrons. The molecule has 5 heteroatoms. The third-order valence-electron chi connectivity index (χ3n) is 8.35. The van der Waals surface area contributed by atoms with Crippen LogP contribution in [0.4, 0.5) is 0 Å². The lowest BCUT2D eigenvalue weighted by molar-refractivity contribution is 1.73. The fourth-order valence-electron chi connectivity index (χ4n) is 6.30. The minimum Gasteiger partial charge on any atom is -0.127 e. The number of rotatable bonds is 0. The molecule has 0 aromatic heterocycles. The maximum Gasteiger partial charge on any atom is 0.129 e. The van der Waals surface area contributed by atoms with Gasteiger partial charge in [0, 0.05) is 54.7 Å². The van der Waals surface area contributed by atoms with Crippen molar-refractivity contribution >= 4 is 94.2 Å². The van der Waals surface area contributed by atoms with Crippen molar-refractivity contribution in [2.75, 3.05) is 0 Å². The molecule has 6 aromatic carbocycles. The average molecular weight is 731 g/mol. The van der Waals surface area contributed by atoms with Crippen LogP contribution in [-0.4, -0.2) is 40.4 Å². The van der Waals surface area contributed by atoms with Gasteiger partial charge in [0.2, 0.25) is 0 Å². The third kappa shape index (κ3) is 7.34. The zero-order valence-corrected chi connectivity index (χ0v) is 37.9. The van der Waals surface area contributed by atoms with E-state index in [2.05, 4.69) is 186 Å². The van der Waals surface area contributed by atoms with E-state index in [1.165, 1.54) is 53.9 Å². The molecule has 0 bridgehead atoms. The predicted molar refractivity (Wildman–Crippen MR) is 239 cm³/mol. The fourth-order valence-corrected chi connectivity index (χ4v) is 8.84. The second-order valence-corrected chi connectivity index (χ2v) is 43.0. The lowest BCUT2D eigenvalue weighted by atomic mass is 9.91. The van der Waals surface area contributed by atoms with Crippen molar-refractivity contribution in [3.05, 3.63) is 58.1 Å². The molecular formula is C45H50Si5. The summed E-state index contributed by atoms with van der Waals surface area (Å²) in [5.74, 6) is 18.6. The summed E-state index contributed by atoms with van der Waals surface area (Å²) < 4.78 is 0. The number of hydrogen-bond donors (Lipinski definition) is 0. The summed E-state index contributed by atoms with van der Waals surface area (Å²) >= 11 is 0. The highest BCUT2D eigenvalue weighted by Gasteiger charge is 2.27. The standard InChI is InChI=1S/C45H50Si5/c1-46(2,3)21-16-31-26-37-33(18-23-48(7,8)9)28-39-35(20-25-50(13,14)15)30-40-34(19-24-49(10,11)12)29-38-32(17-22-47(4,5)6)27-36(31)41-42(37)44(39)45(40)43(38)41/h26-30H,1-15H3.